The van der Waals surface area contributed by atoms with E-state index < -0.39 is 12.0 Å². The molecule has 0 aromatic carbocycles. The molecule has 2 heterocycles. The number of hydrogen-bond acceptors (Lipinski definition) is 4. The van der Waals surface area contributed by atoms with Crippen molar-refractivity contribution in [2.45, 2.75) is 19.0 Å². The van der Waals surface area contributed by atoms with Crippen LogP contribution in [0.4, 0.5) is 0 Å². The summed E-state index contributed by atoms with van der Waals surface area (Å²) in [5, 5.41) is 11.6. The van der Waals surface area contributed by atoms with E-state index in [-0.39, 0.29) is 12.3 Å². The molecule has 1 atom stereocenters. The minimum atomic E-state index is -0.973. The number of carbonyl (C=O) groups is 2. The summed E-state index contributed by atoms with van der Waals surface area (Å²) < 4.78 is 0.862. The second-order valence-corrected chi connectivity index (χ2v) is 5.30. The van der Waals surface area contributed by atoms with Gasteiger partial charge in [-0.05, 0) is 27.6 Å². The van der Waals surface area contributed by atoms with E-state index in [1.807, 2.05) is 11.0 Å². The SMILES string of the molecule is O=C(O)CC1C(=O)NCCN1Cc1cncc(Br)c1. The molecule has 1 aliphatic heterocycles. The Bertz CT molecular complexity index is 495. The number of aliphatic carboxylic acids is 1. The van der Waals surface area contributed by atoms with Gasteiger partial charge in [0.2, 0.25) is 5.91 Å². The van der Waals surface area contributed by atoms with Gasteiger partial charge in [0.05, 0.1) is 6.42 Å². The van der Waals surface area contributed by atoms with E-state index >= 15 is 0 Å². The molecule has 102 valence electrons. The van der Waals surface area contributed by atoms with Gasteiger partial charge in [0, 0.05) is 36.5 Å². The summed E-state index contributed by atoms with van der Waals surface area (Å²) >= 11 is 3.34. The predicted octanol–water partition coefficient (Wildman–Crippen LogP) is 0.619. The van der Waals surface area contributed by atoms with Crippen molar-refractivity contribution in [1.29, 1.82) is 0 Å². The Balaban J connectivity index is 2.11. The van der Waals surface area contributed by atoms with Gasteiger partial charge < -0.3 is 10.4 Å². The quantitative estimate of drug-likeness (QED) is 0.847. The number of halogens is 1. The fourth-order valence-electron chi connectivity index (χ4n) is 2.12. The third-order valence-corrected chi connectivity index (χ3v) is 3.39. The van der Waals surface area contributed by atoms with Crippen LogP contribution in [0.25, 0.3) is 0 Å². The van der Waals surface area contributed by atoms with Gasteiger partial charge in [-0.25, -0.2) is 0 Å². The number of carboxylic acid groups (broad SMARTS) is 1. The second-order valence-electron chi connectivity index (χ2n) is 4.39. The van der Waals surface area contributed by atoms with Crippen molar-refractivity contribution in [2.75, 3.05) is 13.1 Å². The molecule has 0 bridgehead atoms. The van der Waals surface area contributed by atoms with Gasteiger partial charge in [0.1, 0.15) is 6.04 Å². The van der Waals surface area contributed by atoms with Crippen molar-refractivity contribution >= 4 is 27.8 Å². The van der Waals surface area contributed by atoms with Gasteiger partial charge in [0.15, 0.2) is 0 Å². The first kappa shape index (κ1) is 14.0. The van der Waals surface area contributed by atoms with Gasteiger partial charge in [-0.3, -0.25) is 19.5 Å². The molecule has 7 heteroatoms. The lowest BCUT2D eigenvalue weighted by molar-refractivity contribution is -0.143. The zero-order valence-corrected chi connectivity index (χ0v) is 11.8. The summed E-state index contributed by atoms with van der Waals surface area (Å²) in [5.74, 6) is -1.20. The maximum absolute atomic E-state index is 11.8. The zero-order valence-electron chi connectivity index (χ0n) is 10.2. The number of hydrogen-bond donors (Lipinski definition) is 2. The summed E-state index contributed by atoms with van der Waals surface area (Å²) in [7, 11) is 0. The summed E-state index contributed by atoms with van der Waals surface area (Å²) in [6, 6.07) is 1.29. The Morgan fingerprint density at radius 3 is 3.05 bits per heavy atom. The van der Waals surface area contributed by atoms with Crippen LogP contribution in [0.15, 0.2) is 22.9 Å². The molecule has 0 saturated carbocycles. The smallest absolute Gasteiger partial charge is 0.305 e. The van der Waals surface area contributed by atoms with Crippen LogP contribution >= 0.6 is 15.9 Å². The molecule has 6 nitrogen and oxygen atoms in total. The van der Waals surface area contributed by atoms with Crippen molar-refractivity contribution < 1.29 is 14.7 Å². The van der Waals surface area contributed by atoms with E-state index in [4.69, 9.17) is 5.11 Å². The number of nitrogens with zero attached hydrogens (tertiary/aromatic N) is 2. The van der Waals surface area contributed by atoms with Crippen LogP contribution in [0.3, 0.4) is 0 Å². The highest BCUT2D eigenvalue weighted by Crippen LogP contribution is 2.16. The Morgan fingerprint density at radius 1 is 1.58 bits per heavy atom. The molecule has 0 aliphatic carbocycles. The van der Waals surface area contributed by atoms with Crippen molar-refractivity contribution in [3.8, 4) is 0 Å². The number of pyridine rings is 1. The lowest BCUT2D eigenvalue weighted by Gasteiger charge is -2.34. The van der Waals surface area contributed by atoms with Crippen LogP contribution < -0.4 is 5.32 Å². The minimum Gasteiger partial charge on any atom is -0.481 e. The van der Waals surface area contributed by atoms with Gasteiger partial charge >= 0.3 is 5.97 Å². The molecule has 1 fully saturated rings. The predicted molar refractivity (Wildman–Crippen MR) is 71.4 cm³/mol. The van der Waals surface area contributed by atoms with E-state index in [1.54, 1.807) is 12.4 Å². The van der Waals surface area contributed by atoms with Gasteiger partial charge in [-0.15, -0.1) is 0 Å². The zero-order chi connectivity index (χ0) is 13.8. The summed E-state index contributed by atoms with van der Waals surface area (Å²) in [4.78, 5) is 28.5. The van der Waals surface area contributed by atoms with Crippen molar-refractivity contribution in [3.05, 3.63) is 28.5 Å². The number of rotatable bonds is 4. The van der Waals surface area contributed by atoms with E-state index in [2.05, 4.69) is 26.2 Å². The van der Waals surface area contributed by atoms with E-state index in [9.17, 15) is 9.59 Å². The van der Waals surface area contributed by atoms with E-state index in [1.165, 1.54) is 0 Å². The highest BCUT2D eigenvalue weighted by Gasteiger charge is 2.31. The molecule has 19 heavy (non-hydrogen) atoms. The molecule has 1 unspecified atom stereocenters. The molecule has 2 rings (SSSR count). The fraction of sp³-hybridized carbons (Fsp3) is 0.417. The Kier molecular flexibility index (Phi) is 4.49. The van der Waals surface area contributed by atoms with Gasteiger partial charge in [0.25, 0.3) is 0 Å². The molecule has 1 saturated heterocycles. The average Bonchev–Trinajstić information content (AvgIpc) is 2.33. The van der Waals surface area contributed by atoms with Crippen LogP contribution in [-0.2, 0) is 16.1 Å². The lowest BCUT2D eigenvalue weighted by atomic mass is 10.1. The van der Waals surface area contributed by atoms with Gasteiger partial charge in [-0.2, -0.15) is 0 Å². The number of nitrogens with one attached hydrogen (secondary N) is 1. The normalized spacial score (nSPS) is 20.1. The minimum absolute atomic E-state index is 0.187. The highest BCUT2D eigenvalue weighted by molar-refractivity contribution is 9.10. The monoisotopic (exact) mass is 327 g/mol. The number of aromatic nitrogens is 1. The average molecular weight is 328 g/mol. The number of carbonyl (C=O) groups excluding carboxylic acids is 1. The van der Waals surface area contributed by atoms with E-state index in [0.29, 0.717) is 19.6 Å². The molecular weight excluding hydrogens is 314 g/mol. The molecule has 1 aromatic heterocycles. The van der Waals surface area contributed by atoms with Crippen LogP contribution in [0.2, 0.25) is 0 Å². The topological polar surface area (TPSA) is 82.5 Å². The maximum Gasteiger partial charge on any atom is 0.305 e. The van der Waals surface area contributed by atoms with E-state index in [0.717, 1.165) is 10.0 Å². The van der Waals surface area contributed by atoms with Crippen LogP contribution in [0, 0.1) is 0 Å². The third kappa shape index (κ3) is 3.74. The molecule has 0 radical (unpaired) electrons. The number of carboxylic acids is 1. The summed E-state index contributed by atoms with van der Waals surface area (Å²) in [6.45, 7) is 1.68. The molecule has 1 aliphatic rings. The molecule has 2 N–H and O–H groups in total. The first-order valence-electron chi connectivity index (χ1n) is 5.89. The number of amides is 1. The van der Waals surface area contributed by atoms with Crippen LogP contribution in [-0.4, -0.2) is 46.0 Å². The Labute approximate surface area is 118 Å². The fourth-order valence-corrected chi connectivity index (χ4v) is 2.53. The van der Waals surface area contributed by atoms with Crippen molar-refractivity contribution in [2.24, 2.45) is 0 Å². The third-order valence-electron chi connectivity index (χ3n) is 2.96. The molecule has 0 spiro atoms. The Hall–Kier alpha value is -1.47. The van der Waals surface area contributed by atoms with Crippen molar-refractivity contribution in [1.82, 2.24) is 15.2 Å². The molecule has 1 aromatic rings. The molecular formula is C12H14BrN3O3. The lowest BCUT2D eigenvalue weighted by Crippen LogP contribution is -2.55. The van der Waals surface area contributed by atoms with Crippen LogP contribution in [0.5, 0.6) is 0 Å². The standard InChI is InChI=1S/C12H14BrN3O3/c13-9-3-8(5-14-6-9)7-16-2-1-15-12(19)10(16)4-11(17)18/h3,5-6,10H,1-2,4,7H2,(H,15,19)(H,17,18). The first-order valence-corrected chi connectivity index (χ1v) is 6.68. The Morgan fingerprint density at radius 2 is 2.37 bits per heavy atom. The maximum atomic E-state index is 11.8. The number of piperazine rings is 1. The largest absolute Gasteiger partial charge is 0.481 e. The van der Waals surface area contributed by atoms with Crippen molar-refractivity contribution in [3.63, 3.8) is 0 Å². The first-order chi connectivity index (χ1) is 9.06. The summed E-state index contributed by atoms with van der Waals surface area (Å²) in [5.41, 5.74) is 0.944. The van der Waals surface area contributed by atoms with Crippen LogP contribution in [0.1, 0.15) is 12.0 Å². The highest BCUT2D eigenvalue weighted by atomic mass is 79.9. The summed E-state index contributed by atoms with van der Waals surface area (Å²) in [6.07, 6.45) is 3.21. The van der Waals surface area contributed by atoms with Gasteiger partial charge in [-0.1, -0.05) is 0 Å². The second kappa shape index (κ2) is 6.12. The molecule has 1 amide bonds.